The lowest BCUT2D eigenvalue weighted by Gasteiger charge is -2.34. The maximum absolute atomic E-state index is 9.01. The van der Waals surface area contributed by atoms with Gasteiger partial charge in [-0.2, -0.15) is 10.4 Å². The predicted octanol–water partition coefficient (Wildman–Crippen LogP) is 2.12. The topological polar surface area (TPSA) is 52.5 Å². The summed E-state index contributed by atoms with van der Waals surface area (Å²) in [6.45, 7) is 0. The van der Waals surface area contributed by atoms with E-state index in [9.17, 15) is 0 Å². The summed E-state index contributed by atoms with van der Waals surface area (Å²) in [4.78, 5) is 0. The van der Waals surface area contributed by atoms with Gasteiger partial charge >= 0.3 is 0 Å². The van der Waals surface area contributed by atoms with Crippen LogP contribution in [-0.2, 0) is 5.41 Å². The largest absolute Gasteiger partial charge is 0.280 e. The first-order chi connectivity index (χ1) is 5.78. The molecule has 0 radical (unpaired) electrons. The molecule has 1 aromatic heterocycles. The molecule has 3 nitrogen and oxygen atoms in total. The summed E-state index contributed by atoms with van der Waals surface area (Å²) in [5.74, 6) is 0. The minimum atomic E-state index is -0.282. The molecule has 2 rings (SSSR count). The highest BCUT2D eigenvalue weighted by atomic mass is 79.9. The zero-order valence-electron chi connectivity index (χ0n) is 6.47. The van der Waals surface area contributed by atoms with E-state index >= 15 is 0 Å². The molecule has 0 saturated heterocycles. The molecule has 0 atom stereocenters. The van der Waals surface area contributed by atoms with Gasteiger partial charge in [0.15, 0.2) is 0 Å². The molecule has 0 aromatic carbocycles. The normalized spacial score (nSPS) is 19.7. The fraction of sp³-hybridized carbons (Fsp3) is 0.500. The summed E-state index contributed by atoms with van der Waals surface area (Å²) >= 11 is 3.37. The monoisotopic (exact) mass is 225 g/mol. The van der Waals surface area contributed by atoms with Gasteiger partial charge in [0.05, 0.1) is 27.8 Å². The Morgan fingerprint density at radius 3 is 2.75 bits per heavy atom. The van der Waals surface area contributed by atoms with Gasteiger partial charge in [-0.3, -0.25) is 5.10 Å². The Morgan fingerprint density at radius 2 is 2.42 bits per heavy atom. The number of nitrogens with one attached hydrogen (secondary N) is 1. The van der Waals surface area contributed by atoms with Crippen LogP contribution in [0.5, 0.6) is 0 Å². The number of aromatic amines is 1. The summed E-state index contributed by atoms with van der Waals surface area (Å²) in [5, 5.41) is 15.8. The van der Waals surface area contributed by atoms with Crippen molar-refractivity contribution < 1.29 is 0 Å². The lowest BCUT2D eigenvalue weighted by Crippen LogP contribution is -2.33. The van der Waals surface area contributed by atoms with Crippen LogP contribution in [0.3, 0.4) is 0 Å². The van der Waals surface area contributed by atoms with Crippen LogP contribution in [0.15, 0.2) is 10.7 Å². The van der Waals surface area contributed by atoms with Gasteiger partial charge in [0.1, 0.15) is 0 Å². The Hall–Kier alpha value is -0.820. The number of hydrogen-bond acceptors (Lipinski definition) is 2. The molecular weight excluding hydrogens is 218 g/mol. The van der Waals surface area contributed by atoms with E-state index in [1.54, 1.807) is 6.20 Å². The lowest BCUT2D eigenvalue weighted by atomic mass is 9.68. The number of rotatable bonds is 1. The number of aromatic nitrogens is 2. The summed E-state index contributed by atoms with van der Waals surface area (Å²) in [5.41, 5.74) is 0.659. The second kappa shape index (κ2) is 2.60. The molecule has 12 heavy (non-hydrogen) atoms. The molecule has 0 amide bonds. The summed E-state index contributed by atoms with van der Waals surface area (Å²) in [7, 11) is 0. The maximum atomic E-state index is 9.01. The summed E-state index contributed by atoms with van der Waals surface area (Å²) in [6, 6.07) is 2.36. The van der Waals surface area contributed by atoms with Crippen molar-refractivity contribution in [3.8, 4) is 6.07 Å². The standard InChI is InChI=1S/C8H8BrN3/c9-6-4-11-12-7(6)8(5-10)2-1-3-8/h4H,1-3H2,(H,11,12). The van der Waals surface area contributed by atoms with E-state index in [1.807, 2.05) is 0 Å². The van der Waals surface area contributed by atoms with E-state index in [4.69, 9.17) is 5.26 Å². The average molecular weight is 226 g/mol. The molecule has 1 aliphatic carbocycles. The van der Waals surface area contributed by atoms with E-state index in [1.165, 1.54) is 0 Å². The van der Waals surface area contributed by atoms with Gasteiger partial charge in [0, 0.05) is 0 Å². The third-order valence-electron chi connectivity index (χ3n) is 2.49. The Bertz CT molecular complexity index is 332. The van der Waals surface area contributed by atoms with Crippen molar-refractivity contribution in [2.24, 2.45) is 0 Å². The van der Waals surface area contributed by atoms with E-state index in [2.05, 4.69) is 32.2 Å². The second-order valence-electron chi connectivity index (χ2n) is 3.14. The zero-order chi connectivity index (χ0) is 8.60. The lowest BCUT2D eigenvalue weighted by molar-refractivity contribution is 0.314. The van der Waals surface area contributed by atoms with Gasteiger partial charge in [-0.05, 0) is 35.2 Å². The van der Waals surface area contributed by atoms with Crippen molar-refractivity contribution in [2.75, 3.05) is 0 Å². The van der Waals surface area contributed by atoms with Crippen molar-refractivity contribution in [2.45, 2.75) is 24.7 Å². The predicted molar refractivity (Wildman–Crippen MR) is 47.4 cm³/mol. The first-order valence-corrected chi connectivity index (χ1v) is 4.68. The molecule has 0 bridgehead atoms. The van der Waals surface area contributed by atoms with E-state index < -0.39 is 0 Å². The van der Waals surface area contributed by atoms with Gasteiger partial charge in [0.2, 0.25) is 0 Å². The molecule has 0 aliphatic heterocycles. The molecule has 1 aliphatic rings. The third kappa shape index (κ3) is 0.896. The van der Waals surface area contributed by atoms with Crippen LogP contribution < -0.4 is 0 Å². The van der Waals surface area contributed by atoms with Gasteiger partial charge in [-0.15, -0.1) is 0 Å². The van der Waals surface area contributed by atoms with Crippen LogP contribution in [0, 0.1) is 11.3 Å². The molecule has 0 unspecified atom stereocenters. The number of halogens is 1. The molecule has 62 valence electrons. The SMILES string of the molecule is N#CC1(c2[nH]ncc2Br)CCC1. The van der Waals surface area contributed by atoms with Crippen LogP contribution in [0.2, 0.25) is 0 Å². The highest BCUT2D eigenvalue weighted by molar-refractivity contribution is 9.10. The number of nitriles is 1. The van der Waals surface area contributed by atoms with Crippen LogP contribution >= 0.6 is 15.9 Å². The van der Waals surface area contributed by atoms with Gasteiger partial charge in [0.25, 0.3) is 0 Å². The number of nitrogens with zero attached hydrogens (tertiary/aromatic N) is 2. The molecule has 1 N–H and O–H groups in total. The molecule has 0 spiro atoms. The molecule has 1 aromatic rings. The van der Waals surface area contributed by atoms with Crippen molar-refractivity contribution in [1.82, 2.24) is 10.2 Å². The van der Waals surface area contributed by atoms with Crippen LogP contribution in [0.4, 0.5) is 0 Å². The molecule has 4 heteroatoms. The Morgan fingerprint density at radius 1 is 1.67 bits per heavy atom. The van der Waals surface area contributed by atoms with E-state index in [0.29, 0.717) is 0 Å². The highest BCUT2D eigenvalue weighted by Crippen LogP contribution is 2.44. The highest BCUT2D eigenvalue weighted by Gasteiger charge is 2.41. The van der Waals surface area contributed by atoms with Gasteiger partial charge in [-0.25, -0.2) is 0 Å². The Labute approximate surface area is 78.9 Å². The van der Waals surface area contributed by atoms with Crippen LogP contribution in [0.25, 0.3) is 0 Å². The molecule has 1 saturated carbocycles. The minimum Gasteiger partial charge on any atom is -0.280 e. The van der Waals surface area contributed by atoms with Crippen molar-refractivity contribution in [3.05, 3.63) is 16.4 Å². The van der Waals surface area contributed by atoms with E-state index in [0.717, 1.165) is 29.4 Å². The van der Waals surface area contributed by atoms with Crippen LogP contribution in [0.1, 0.15) is 25.0 Å². The van der Waals surface area contributed by atoms with Gasteiger partial charge in [-0.1, -0.05) is 0 Å². The Kier molecular flexibility index (Phi) is 1.69. The van der Waals surface area contributed by atoms with Crippen molar-refractivity contribution in [1.29, 1.82) is 5.26 Å². The third-order valence-corrected chi connectivity index (χ3v) is 3.09. The minimum absolute atomic E-state index is 0.282. The number of H-pyrrole nitrogens is 1. The quantitative estimate of drug-likeness (QED) is 0.797. The summed E-state index contributed by atoms with van der Waals surface area (Å²) < 4.78 is 0.920. The van der Waals surface area contributed by atoms with E-state index in [-0.39, 0.29) is 5.41 Å². The smallest absolute Gasteiger partial charge is 0.0998 e. The first-order valence-electron chi connectivity index (χ1n) is 3.89. The average Bonchev–Trinajstić information content (AvgIpc) is 2.36. The van der Waals surface area contributed by atoms with Crippen molar-refractivity contribution >= 4 is 15.9 Å². The molecule has 1 heterocycles. The second-order valence-corrected chi connectivity index (χ2v) is 3.99. The molecule has 1 fully saturated rings. The Balaban J connectivity index is 2.42. The number of hydrogen-bond donors (Lipinski definition) is 1. The fourth-order valence-electron chi connectivity index (χ4n) is 1.56. The first kappa shape index (κ1) is 7.81. The van der Waals surface area contributed by atoms with Crippen molar-refractivity contribution in [3.63, 3.8) is 0 Å². The summed E-state index contributed by atoms with van der Waals surface area (Å²) in [6.07, 6.45) is 4.74. The zero-order valence-corrected chi connectivity index (χ0v) is 8.06. The fourth-order valence-corrected chi connectivity index (χ4v) is 2.13. The van der Waals surface area contributed by atoms with Gasteiger partial charge < -0.3 is 0 Å². The maximum Gasteiger partial charge on any atom is 0.0998 e. The molecular formula is C8H8BrN3. The van der Waals surface area contributed by atoms with Crippen LogP contribution in [-0.4, -0.2) is 10.2 Å².